The molecule has 5 heteroatoms. The molecule has 94 valence electrons. The predicted molar refractivity (Wildman–Crippen MR) is 72.8 cm³/mol. The molecular weight excluding hydrogens is 282 g/mol. The lowest BCUT2D eigenvalue weighted by Crippen LogP contribution is -2.50. The highest BCUT2D eigenvalue weighted by Gasteiger charge is 2.24. The first kappa shape index (κ1) is 12.6. The summed E-state index contributed by atoms with van der Waals surface area (Å²) in [5, 5.41) is 0. The molecule has 0 bridgehead atoms. The molecule has 1 saturated heterocycles. The third-order valence-electron chi connectivity index (χ3n) is 3.14. The van der Waals surface area contributed by atoms with E-state index in [1.807, 2.05) is 6.07 Å². The first-order valence-corrected chi connectivity index (χ1v) is 6.57. The maximum atomic E-state index is 5.36. The molecule has 1 unspecified atom stereocenters. The van der Waals surface area contributed by atoms with Gasteiger partial charge in [0.25, 0.3) is 0 Å². The third kappa shape index (κ3) is 2.72. The van der Waals surface area contributed by atoms with E-state index in [4.69, 9.17) is 4.74 Å². The Morgan fingerprint density at radius 2 is 2.18 bits per heavy atom. The lowest BCUT2D eigenvalue weighted by atomic mass is 10.2. The monoisotopic (exact) mass is 299 g/mol. The number of pyridine rings is 1. The summed E-state index contributed by atoms with van der Waals surface area (Å²) in [4.78, 5) is 9.07. The summed E-state index contributed by atoms with van der Waals surface area (Å²) in [6, 6.07) is 4.51. The van der Waals surface area contributed by atoms with Crippen LogP contribution in [-0.4, -0.2) is 49.7 Å². The number of nitrogens with zero attached hydrogens (tertiary/aromatic N) is 3. The van der Waals surface area contributed by atoms with Crippen LogP contribution in [0, 0.1) is 0 Å². The van der Waals surface area contributed by atoms with Gasteiger partial charge in [0.1, 0.15) is 10.3 Å². The number of rotatable bonds is 2. The summed E-state index contributed by atoms with van der Waals surface area (Å²) in [6.07, 6.45) is 0. The van der Waals surface area contributed by atoms with Gasteiger partial charge in [0, 0.05) is 25.7 Å². The van der Waals surface area contributed by atoms with E-state index >= 15 is 0 Å². The number of likely N-dealkylation sites (N-methyl/N-ethyl adjacent to an activating group) is 1. The van der Waals surface area contributed by atoms with Crippen molar-refractivity contribution in [3.63, 3.8) is 0 Å². The second-order valence-corrected chi connectivity index (χ2v) is 5.28. The number of methoxy groups -OCH3 is 1. The second-order valence-electron chi connectivity index (χ2n) is 4.47. The highest BCUT2D eigenvalue weighted by Crippen LogP contribution is 2.30. The van der Waals surface area contributed by atoms with E-state index in [1.54, 1.807) is 7.11 Å². The van der Waals surface area contributed by atoms with Crippen molar-refractivity contribution < 1.29 is 4.74 Å². The highest BCUT2D eigenvalue weighted by atomic mass is 79.9. The van der Waals surface area contributed by atoms with Crippen LogP contribution in [-0.2, 0) is 0 Å². The van der Waals surface area contributed by atoms with Crippen LogP contribution in [0.5, 0.6) is 5.88 Å². The van der Waals surface area contributed by atoms with Gasteiger partial charge in [-0.15, -0.1) is 0 Å². The number of aromatic nitrogens is 1. The lowest BCUT2D eigenvalue weighted by molar-refractivity contribution is 0.273. The van der Waals surface area contributed by atoms with Gasteiger partial charge in [-0.1, -0.05) is 0 Å². The Labute approximate surface area is 111 Å². The van der Waals surface area contributed by atoms with Crippen LogP contribution < -0.4 is 9.64 Å². The number of hydrogen-bond donors (Lipinski definition) is 0. The summed E-state index contributed by atoms with van der Waals surface area (Å²) < 4.78 is 6.16. The van der Waals surface area contributed by atoms with Gasteiger partial charge in [-0.3, -0.25) is 0 Å². The standard InChI is InChI=1S/C12H18BrN3O/c1-9-8-15(2)6-7-16(9)10-4-5-11(13)14-12(10)17-3/h4-5,9H,6-8H2,1-3H3. The predicted octanol–water partition coefficient (Wildman–Crippen LogP) is 1.99. The summed E-state index contributed by atoms with van der Waals surface area (Å²) in [5.41, 5.74) is 1.08. The van der Waals surface area contributed by atoms with Crippen molar-refractivity contribution in [2.45, 2.75) is 13.0 Å². The van der Waals surface area contributed by atoms with Crippen molar-refractivity contribution in [1.29, 1.82) is 0 Å². The molecule has 0 saturated carbocycles. The summed E-state index contributed by atoms with van der Waals surface area (Å²) in [7, 11) is 3.82. The van der Waals surface area contributed by atoms with E-state index in [9.17, 15) is 0 Å². The van der Waals surface area contributed by atoms with Gasteiger partial charge in [-0.05, 0) is 42.0 Å². The van der Waals surface area contributed by atoms with Crippen LogP contribution in [0.15, 0.2) is 16.7 Å². The Hall–Kier alpha value is -0.810. The number of hydrogen-bond acceptors (Lipinski definition) is 4. The fourth-order valence-electron chi connectivity index (χ4n) is 2.28. The van der Waals surface area contributed by atoms with Gasteiger partial charge in [-0.25, -0.2) is 4.98 Å². The third-order valence-corrected chi connectivity index (χ3v) is 3.58. The minimum atomic E-state index is 0.477. The Balaban J connectivity index is 2.27. The smallest absolute Gasteiger partial charge is 0.238 e. The van der Waals surface area contributed by atoms with E-state index in [-0.39, 0.29) is 0 Å². The maximum Gasteiger partial charge on any atom is 0.238 e. The number of halogens is 1. The van der Waals surface area contributed by atoms with Crippen molar-refractivity contribution in [2.75, 3.05) is 38.7 Å². The quantitative estimate of drug-likeness (QED) is 0.781. The van der Waals surface area contributed by atoms with Crippen molar-refractivity contribution in [1.82, 2.24) is 9.88 Å². The topological polar surface area (TPSA) is 28.6 Å². The minimum absolute atomic E-state index is 0.477. The molecule has 0 spiro atoms. The summed E-state index contributed by atoms with van der Waals surface area (Å²) >= 11 is 3.37. The summed E-state index contributed by atoms with van der Waals surface area (Å²) in [6.45, 7) is 5.39. The lowest BCUT2D eigenvalue weighted by Gasteiger charge is -2.39. The molecule has 2 heterocycles. The highest BCUT2D eigenvalue weighted by molar-refractivity contribution is 9.10. The molecule has 2 rings (SSSR count). The molecule has 4 nitrogen and oxygen atoms in total. The van der Waals surface area contributed by atoms with Crippen LogP contribution in [0.3, 0.4) is 0 Å². The molecular formula is C12H18BrN3O. The molecule has 1 aliphatic rings. The van der Waals surface area contributed by atoms with Crippen LogP contribution in [0.25, 0.3) is 0 Å². The number of piperazine rings is 1. The molecule has 1 aromatic rings. The van der Waals surface area contributed by atoms with Crippen molar-refractivity contribution >= 4 is 21.6 Å². The Kier molecular flexibility index (Phi) is 3.89. The second kappa shape index (κ2) is 5.23. The van der Waals surface area contributed by atoms with Crippen LogP contribution in [0.2, 0.25) is 0 Å². The SMILES string of the molecule is COc1nc(Br)ccc1N1CCN(C)CC1C. The fourth-order valence-corrected chi connectivity index (χ4v) is 2.57. The Morgan fingerprint density at radius 3 is 2.82 bits per heavy atom. The average Bonchev–Trinajstić information content (AvgIpc) is 2.30. The van der Waals surface area contributed by atoms with E-state index in [1.165, 1.54) is 0 Å². The largest absolute Gasteiger partial charge is 0.479 e. The molecule has 0 N–H and O–H groups in total. The molecule has 1 fully saturated rings. The van der Waals surface area contributed by atoms with E-state index in [0.29, 0.717) is 11.9 Å². The van der Waals surface area contributed by atoms with Gasteiger partial charge < -0.3 is 14.5 Å². The summed E-state index contributed by atoms with van der Waals surface area (Å²) in [5.74, 6) is 0.691. The Morgan fingerprint density at radius 1 is 1.41 bits per heavy atom. The van der Waals surface area contributed by atoms with Gasteiger partial charge in [0.2, 0.25) is 5.88 Å². The zero-order valence-electron chi connectivity index (χ0n) is 10.5. The van der Waals surface area contributed by atoms with Gasteiger partial charge in [-0.2, -0.15) is 0 Å². The molecule has 0 aromatic carbocycles. The average molecular weight is 300 g/mol. The minimum Gasteiger partial charge on any atom is -0.479 e. The van der Waals surface area contributed by atoms with Gasteiger partial charge in [0.05, 0.1) is 7.11 Å². The zero-order valence-corrected chi connectivity index (χ0v) is 12.1. The maximum absolute atomic E-state index is 5.36. The van der Waals surface area contributed by atoms with E-state index in [0.717, 1.165) is 29.9 Å². The van der Waals surface area contributed by atoms with Crippen molar-refractivity contribution in [3.8, 4) is 5.88 Å². The van der Waals surface area contributed by atoms with Crippen molar-refractivity contribution in [2.24, 2.45) is 0 Å². The molecule has 17 heavy (non-hydrogen) atoms. The molecule has 0 aliphatic carbocycles. The van der Waals surface area contributed by atoms with Crippen LogP contribution >= 0.6 is 15.9 Å². The van der Waals surface area contributed by atoms with E-state index in [2.05, 4.69) is 50.8 Å². The van der Waals surface area contributed by atoms with Crippen LogP contribution in [0.4, 0.5) is 5.69 Å². The van der Waals surface area contributed by atoms with Gasteiger partial charge in [0.15, 0.2) is 0 Å². The van der Waals surface area contributed by atoms with Crippen LogP contribution in [0.1, 0.15) is 6.92 Å². The fraction of sp³-hybridized carbons (Fsp3) is 0.583. The molecule has 1 aliphatic heterocycles. The molecule has 0 amide bonds. The molecule has 1 atom stereocenters. The van der Waals surface area contributed by atoms with Gasteiger partial charge >= 0.3 is 0 Å². The van der Waals surface area contributed by atoms with E-state index < -0.39 is 0 Å². The first-order valence-electron chi connectivity index (χ1n) is 5.77. The Bertz CT molecular complexity index is 399. The molecule has 0 radical (unpaired) electrons. The number of anilines is 1. The first-order chi connectivity index (χ1) is 8.11. The normalized spacial score (nSPS) is 21.6. The number of ether oxygens (including phenoxy) is 1. The zero-order chi connectivity index (χ0) is 12.4. The molecule has 1 aromatic heterocycles. The van der Waals surface area contributed by atoms with Crippen molar-refractivity contribution in [3.05, 3.63) is 16.7 Å².